The van der Waals surface area contributed by atoms with Crippen LogP contribution in [0.25, 0.3) is 22.5 Å². The number of aromatic nitrogens is 6. The van der Waals surface area contributed by atoms with Crippen LogP contribution in [0.2, 0.25) is 0 Å². The molecule has 0 atom stereocenters. The molecule has 0 saturated carbocycles. The Kier molecular flexibility index (Phi) is 4.05. The van der Waals surface area contributed by atoms with E-state index >= 15 is 0 Å². The van der Waals surface area contributed by atoms with E-state index < -0.39 is 5.82 Å². The third-order valence-electron chi connectivity index (χ3n) is 3.30. The summed E-state index contributed by atoms with van der Waals surface area (Å²) in [4.78, 5) is 16.5. The van der Waals surface area contributed by atoms with Crippen molar-refractivity contribution >= 4 is 22.4 Å². The second-order valence-electron chi connectivity index (χ2n) is 4.89. The third-order valence-corrected chi connectivity index (χ3v) is 3.99. The van der Waals surface area contributed by atoms with Crippen LogP contribution in [0.15, 0.2) is 54.6 Å². The van der Waals surface area contributed by atoms with E-state index in [0.29, 0.717) is 22.1 Å². The maximum absolute atomic E-state index is 14.2. The van der Waals surface area contributed by atoms with Gasteiger partial charge in [0.25, 0.3) is 0 Å². The van der Waals surface area contributed by atoms with Crippen LogP contribution in [-0.2, 0) is 0 Å². The van der Waals surface area contributed by atoms with Crippen LogP contribution < -0.4 is 5.32 Å². The molecule has 0 aliphatic carbocycles. The van der Waals surface area contributed by atoms with E-state index in [9.17, 15) is 4.39 Å². The Morgan fingerprint density at radius 1 is 0.960 bits per heavy atom. The highest BCUT2D eigenvalue weighted by Crippen LogP contribution is 2.30. The molecule has 4 rings (SSSR count). The molecule has 4 aromatic heterocycles. The van der Waals surface area contributed by atoms with Crippen molar-refractivity contribution < 1.29 is 4.39 Å². The van der Waals surface area contributed by atoms with Gasteiger partial charge < -0.3 is 0 Å². The summed E-state index contributed by atoms with van der Waals surface area (Å²) in [6.07, 6.45) is 7.59. The lowest BCUT2D eigenvalue weighted by atomic mass is 10.1. The molecule has 25 heavy (non-hydrogen) atoms. The fraction of sp³-hybridized carbons (Fsp3) is 0. The van der Waals surface area contributed by atoms with E-state index in [4.69, 9.17) is 0 Å². The van der Waals surface area contributed by atoms with Crippen molar-refractivity contribution in [3.63, 3.8) is 0 Å². The zero-order chi connectivity index (χ0) is 17.1. The summed E-state index contributed by atoms with van der Waals surface area (Å²) in [5.41, 5.74) is 1.75. The Labute approximate surface area is 145 Å². The van der Waals surface area contributed by atoms with Gasteiger partial charge in [-0.2, -0.15) is 0 Å². The van der Waals surface area contributed by atoms with Crippen molar-refractivity contribution in [3.05, 3.63) is 60.4 Å². The molecule has 0 aromatic carbocycles. The van der Waals surface area contributed by atoms with E-state index in [1.807, 2.05) is 11.4 Å². The molecule has 0 amide bonds. The van der Waals surface area contributed by atoms with Crippen LogP contribution in [0, 0.1) is 5.82 Å². The van der Waals surface area contributed by atoms with Gasteiger partial charge in [-0.1, -0.05) is 0 Å². The molecule has 0 fully saturated rings. The predicted octanol–water partition coefficient (Wildman–Crippen LogP) is 3.33. The standard InChI is InChI=1S/C16H10FN7S/c17-12-9-19-5-3-11(12)14-13(10-2-1-4-18-8-10)21-15(24-23-14)22-16-20-6-7-25-16/h1-9H,(H,20,21,22,24). The van der Waals surface area contributed by atoms with Gasteiger partial charge in [-0.05, 0) is 18.2 Å². The number of anilines is 2. The second kappa shape index (κ2) is 6.65. The largest absolute Gasteiger partial charge is 0.299 e. The molecule has 0 radical (unpaired) electrons. The normalized spacial score (nSPS) is 10.6. The number of nitrogens with zero attached hydrogens (tertiary/aromatic N) is 6. The lowest BCUT2D eigenvalue weighted by Crippen LogP contribution is -2.04. The molecule has 122 valence electrons. The maximum Gasteiger partial charge on any atom is 0.249 e. The summed E-state index contributed by atoms with van der Waals surface area (Å²) in [7, 11) is 0. The Bertz CT molecular complexity index is 993. The highest BCUT2D eigenvalue weighted by molar-refractivity contribution is 7.13. The second-order valence-corrected chi connectivity index (χ2v) is 5.79. The van der Waals surface area contributed by atoms with Gasteiger partial charge in [0.1, 0.15) is 11.4 Å². The van der Waals surface area contributed by atoms with E-state index in [1.54, 1.807) is 24.7 Å². The SMILES string of the molecule is Fc1cnccc1-c1nnc(Nc2nccs2)nc1-c1cccnc1. The van der Waals surface area contributed by atoms with Crippen molar-refractivity contribution in [1.29, 1.82) is 0 Å². The van der Waals surface area contributed by atoms with Crippen LogP contribution >= 0.6 is 11.3 Å². The highest BCUT2D eigenvalue weighted by atomic mass is 32.1. The van der Waals surface area contributed by atoms with Crippen molar-refractivity contribution in [1.82, 2.24) is 30.1 Å². The van der Waals surface area contributed by atoms with Gasteiger partial charge in [0.05, 0.1) is 6.20 Å². The molecule has 0 unspecified atom stereocenters. The summed E-state index contributed by atoms with van der Waals surface area (Å²) >= 11 is 1.41. The average molecular weight is 351 g/mol. The van der Waals surface area contributed by atoms with Crippen LogP contribution in [0.5, 0.6) is 0 Å². The molecular weight excluding hydrogens is 341 g/mol. The summed E-state index contributed by atoms with van der Waals surface area (Å²) < 4.78 is 14.2. The van der Waals surface area contributed by atoms with Gasteiger partial charge in [0.2, 0.25) is 5.95 Å². The smallest absolute Gasteiger partial charge is 0.249 e. The Balaban J connectivity index is 1.85. The van der Waals surface area contributed by atoms with Gasteiger partial charge in [-0.25, -0.2) is 14.4 Å². The zero-order valence-corrected chi connectivity index (χ0v) is 13.5. The monoisotopic (exact) mass is 351 g/mol. The first kappa shape index (κ1) is 15.2. The number of rotatable bonds is 4. The van der Waals surface area contributed by atoms with Crippen LogP contribution in [0.4, 0.5) is 15.5 Å². The van der Waals surface area contributed by atoms with E-state index in [0.717, 1.165) is 6.20 Å². The fourth-order valence-corrected chi connectivity index (χ4v) is 2.74. The summed E-state index contributed by atoms with van der Waals surface area (Å²) in [5.74, 6) is -0.226. The molecule has 4 aromatic rings. The fourth-order valence-electron chi connectivity index (χ4n) is 2.21. The third kappa shape index (κ3) is 3.17. The molecule has 0 saturated heterocycles. The minimum atomic E-state index is -0.496. The topological polar surface area (TPSA) is 89.4 Å². The van der Waals surface area contributed by atoms with Gasteiger partial charge in [0, 0.05) is 41.3 Å². The van der Waals surface area contributed by atoms with Crippen LogP contribution in [0.1, 0.15) is 0 Å². The van der Waals surface area contributed by atoms with E-state index in [-0.39, 0.29) is 11.5 Å². The predicted molar refractivity (Wildman–Crippen MR) is 91.6 cm³/mol. The molecule has 0 bridgehead atoms. The van der Waals surface area contributed by atoms with Gasteiger partial charge >= 0.3 is 0 Å². The molecule has 0 aliphatic heterocycles. The minimum Gasteiger partial charge on any atom is -0.299 e. The Morgan fingerprint density at radius 3 is 2.64 bits per heavy atom. The van der Waals surface area contributed by atoms with Crippen molar-refractivity contribution in [2.24, 2.45) is 0 Å². The Hall–Kier alpha value is -3.33. The van der Waals surface area contributed by atoms with Crippen LogP contribution in [-0.4, -0.2) is 30.1 Å². The summed E-state index contributed by atoms with van der Waals surface area (Å²) in [6, 6.07) is 5.14. The van der Waals surface area contributed by atoms with E-state index in [2.05, 4.69) is 35.5 Å². The lowest BCUT2D eigenvalue weighted by molar-refractivity contribution is 0.624. The number of hydrogen-bond donors (Lipinski definition) is 1. The average Bonchev–Trinajstić information content (AvgIpc) is 3.16. The van der Waals surface area contributed by atoms with Crippen molar-refractivity contribution in [2.45, 2.75) is 0 Å². The molecular formula is C16H10FN7S. The van der Waals surface area contributed by atoms with Gasteiger partial charge in [-0.15, -0.1) is 21.5 Å². The zero-order valence-electron chi connectivity index (χ0n) is 12.7. The minimum absolute atomic E-state index is 0.270. The van der Waals surface area contributed by atoms with Gasteiger partial charge in [0.15, 0.2) is 10.9 Å². The van der Waals surface area contributed by atoms with Crippen LogP contribution in [0.3, 0.4) is 0 Å². The Morgan fingerprint density at radius 2 is 1.88 bits per heavy atom. The molecule has 9 heteroatoms. The number of thiazole rings is 1. The highest BCUT2D eigenvalue weighted by Gasteiger charge is 2.17. The first-order chi connectivity index (χ1) is 12.3. The molecule has 7 nitrogen and oxygen atoms in total. The quantitative estimate of drug-likeness (QED) is 0.603. The maximum atomic E-state index is 14.2. The summed E-state index contributed by atoms with van der Waals surface area (Å²) in [5, 5.41) is 13.7. The molecule has 0 spiro atoms. The number of hydrogen-bond acceptors (Lipinski definition) is 8. The van der Waals surface area contributed by atoms with Crippen molar-refractivity contribution in [2.75, 3.05) is 5.32 Å². The number of halogens is 1. The molecule has 1 N–H and O–H groups in total. The first-order valence-corrected chi connectivity index (χ1v) is 8.11. The lowest BCUT2D eigenvalue weighted by Gasteiger charge is -2.09. The number of pyridine rings is 2. The van der Waals surface area contributed by atoms with Gasteiger partial charge in [-0.3, -0.25) is 15.3 Å². The first-order valence-electron chi connectivity index (χ1n) is 7.23. The molecule has 4 heterocycles. The van der Waals surface area contributed by atoms with E-state index in [1.165, 1.54) is 23.6 Å². The molecule has 0 aliphatic rings. The van der Waals surface area contributed by atoms with Crippen molar-refractivity contribution in [3.8, 4) is 22.5 Å². The number of nitrogens with one attached hydrogen (secondary N) is 1. The summed E-state index contributed by atoms with van der Waals surface area (Å²) in [6.45, 7) is 0.